The minimum Gasteiger partial charge on any atom is -0.343 e. The average Bonchev–Trinajstić information content (AvgIpc) is 2.21. The number of hydrogen-bond donors (Lipinski definition) is 1. The van der Waals surface area contributed by atoms with Gasteiger partial charge in [0.2, 0.25) is 11.8 Å². The van der Waals surface area contributed by atoms with Crippen molar-refractivity contribution in [1.82, 2.24) is 10.2 Å². The third-order valence-corrected chi connectivity index (χ3v) is 3.30. The zero-order valence-electron chi connectivity index (χ0n) is 11.5. The molecule has 1 saturated heterocycles. The number of nitrogens with one attached hydrogen (secondary N) is 1. The van der Waals surface area contributed by atoms with Crippen molar-refractivity contribution >= 4 is 11.8 Å². The van der Waals surface area contributed by atoms with E-state index in [9.17, 15) is 9.59 Å². The summed E-state index contributed by atoms with van der Waals surface area (Å²) in [5.41, 5.74) is 0. The lowest BCUT2D eigenvalue weighted by Crippen LogP contribution is -2.64. The zero-order valence-corrected chi connectivity index (χ0v) is 11.5. The van der Waals surface area contributed by atoms with E-state index in [0.29, 0.717) is 12.3 Å². The van der Waals surface area contributed by atoms with E-state index in [1.807, 2.05) is 13.8 Å². The second-order valence-electron chi connectivity index (χ2n) is 5.38. The average molecular weight is 240 g/mol. The van der Waals surface area contributed by atoms with Gasteiger partial charge in [-0.25, -0.2) is 0 Å². The fraction of sp³-hybridized carbons (Fsp3) is 0.846. The fourth-order valence-corrected chi connectivity index (χ4v) is 2.58. The van der Waals surface area contributed by atoms with Crippen molar-refractivity contribution in [3.63, 3.8) is 0 Å². The second kappa shape index (κ2) is 5.52. The van der Waals surface area contributed by atoms with Crippen molar-refractivity contribution in [2.75, 3.05) is 0 Å². The Morgan fingerprint density at radius 3 is 2.35 bits per heavy atom. The minimum absolute atomic E-state index is 0.0183. The number of nitrogens with zero attached hydrogens (tertiary/aromatic N) is 1. The minimum atomic E-state index is -0.389. The molecule has 4 nitrogen and oxygen atoms in total. The van der Waals surface area contributed by atoms with Crippen LogP contribution in [0.2, 0.25) is 0 Å². The maximum atomic E-state index is 12.2. The van der Waals surface area contributed by atoms with Gasteiger partial charge in [0.25, 0.3) is 0 Å². The predicted octanol–water partition coefficient (Wildman–Crippen LogP) is 1.55. The Kier molecular flexibility index (Phi) is 4.54. The molecule has 0 bridgehead atoms. The summed E-state index contributed by atoms with van der Waals surface area (Å²) in [6.07, 6.45) is 1.61. The smallest absolute Gasteiger partial charge is 0.245 e. The fourth-order valence-electron chi connectivity index (χ4n) is 2.58. The first kappa shape index (κ1) is 14.0. The van der Waals surface area contributed by atoms with Gasteiger partial charge in [-0.1, -0.05) is 20.8 Å². The lowest BCUT2D eigenvalue weighted by Gasteiger charge is -2.41. The first-order chi connectivity index (χ1) is 7.88. The lowest BCUT2D eigenvalue weighted by molar-refractivity contribution is -0.151. The molecule has 1 N–H and O–H groups in total. The van der Waals surface area contributed by atoms with Crippen LogP contribution in [0.15, 0.2) is 0 Å². The largest absolute Gasteiger partial charge is 0.343 e. The van der Waals surface area contributed by atoms with Crippen LogP contribution in [0.4, 0.5) is 0 Å². The van der Waals surface area contributed by atoms with Gasteiger partial charge in [-0.05, 0) is 32.6 Å². The molecular formula is C13H24N2O2. The molecule has 0 spiro atoms. The molecular weight excluding hydrogens is 216 g/mol. The number of amides is 2. The summed E-state index contributed by atoms with van der Waals surface area (Å²) < 4.78 is 0. The molecule has 17 heavy (non-hydrogen) atoms. The number of carbonyl (C=O) groups is 2. The highest BCUT2D eigenvalue weighted by Crippen LogP contribution is 2.20. The molecule has 1 aliphatic rings. The Labute approximate surface area is 104 Å². The third-order valence-electron chi connectivity index (χ3n) is 3.30. The topological polar surface area (TPSA) is 49.4 Å². The van der Waals surface area contributed by atoms with Gasteiger partial charge in [0, 0.05) is 6.04 Å². The quantitative estimate of drug-likeness (QED) is 0.810. The van der Waals surface area contributed by atoms with Crippen molar-refractivity contribution < 1.29 is 9.59 Å². The van der Waals surface area contributed by atoms with Gasteiger partial charge >= 0.3 is 0 Å². The van der Waals surface area contributed by atoms with Gasteiger partial charge in [-0.3, -0.25) is 9.59 Å². The molecule has 4 heteroatoms. The van der Waals surface area contributed by atoms with Crippen LogP contribution >= 0.6 is 0 Å². The maximum absolute atomic E-state index is 12.2. The molecule has 1 rings (SSSR count). The number of hydrogen-bond acceptors (Lipinski definition) is 2. The summed E-state index contributed by atoms with van der Waals surface area (Å²) in [7, 11) is 0. The van der Waals surface area contributed by atoms with Crippen LogP contribution in [0.3, 0.4) is 0 Å². The van der Waals surface area contributed by atoms with E-state index in [1.165, 1.54) is 0 Å². The SMILES string of the molecule is CCC1C(=O)NC(C)C(=O)N1C(C)CC(C)C. The Bertz CT molecular complexity index is 302. The van der Waals surface area contributed by atoms with E-state index in [2.05, 4.69) is 19.2 Å². The van der Waals surface area contributed by atoms with E-state index in [1.54, 1.807) is 11.8 Å². The molecule has 0 radical (unpaired) electrons. The molecule has 1 heterocycles. The first-order valence-corrected chi connectivity index (χ1v) is 6.51. The molecule has 0 aromatic carbocycles. The second-order valence-corrected chi connectivity index (χ2v) is 5.38. The van der Waals surface area contributed by atoms with Crippen LogP contribution in [0.1, 0.15) is 47.5 Å². The molecule has 1 fully saturated rings. The Hall–Kier alpha value is -1.06. The van der Waals surface area contributed by atoms with Gasteiger partial charge in [0.15, 0.2) is 0 Å². The molecule has 1 aliphatic heterocycles. The Balaban J connectivity index is 2.89. The Morgan fingerprint density at radius 2 is 1.88 bits per heavy atom. The number of carbonyl (C=O) groups excluding carboxylic acids is 2. The third kappa shape index (κ3) is 2.99. The summed E-state index contributed by atoms with van der Waals surface area (Å²) in [6, 6.07) is -0.562. The van der Waals surface area contributed by atoms with Gasteiger partial charge in [0.1, 0.15) is 12.1 Å². The van der Waals surface area contributed by atoms with Crippen LogP contribution in [0.25, 0.3) is 0 Å². The molecule has 3 atom stereocenters. The van der Waals surface area contributed by atoms with E-state index >= 15 is 0 Å². The normalized spacial score (nSPS) is 27.3. The van der Waals surface area contributed by atoms with E-state index < -0.39 is 0 Å². The molecule has 0 saturated carbocycles. The zero-order chi connectivity index (χ0) is 13.2. The van der Waals surface area contributed by atoms with E-state index in [0.717, 1.165) is 6.42 Å². The molecule has 0 aliphatic carbocycles. The van der Waals surface area contributed by atoms with Crippen LogP contribution in [0.5, 0.6) is 0 Å². The van der Waals surface area contributed by atoms with Gasteiger partial charge in [-0.15, -0.1) is 0 Å². The van der Waals surface area contributed by atoms with Gasteiger partial charge in [-0.2, -0.15) is 0 Å². The van der Waals surface area contributed by atoms with Crippen LogP contribution in [0, 0.1) is 5.92 Å². The van der Waals surface area contributed by atoms with Crippen molar-refractivity contribution in [1.29, 1.82) is 0 Å². The maximum Gasteiger partial charge on any atom is 0.245 e. The highest BCUT2D eigenvalue weighted by Gasteiger charge is 2.39. The number of piperazine rings is 1. The predicted molar refractivity (Wildman–Crippen MR) is 67.4 cm³/mol. The van der Waals surface area contributed by atoms with E-state index in [-0.39, 0.29) is 29.9 Å². The Morgan fingerprint density at radius 1 is 1.29 bits per heavy atom. The van der Waals surface area contributed by atoms with Crippen molar-refractivity contribution in [2.45, 2.75) is 65.6 Å². The molecule has 0 aromatic rings. The molecule has 0 aromatic heterocycles. The monoisotopic (exact) mass is 240 g/mol. The molecule has 3 unspecified atom stereocenters. The summed E-state index contributed by atoms with van der Waals surface area (Å²) in [5.74, 6) is 0.551. The summed E-state index contributed by atoms with van der Waals surface area (Å²) in [4.78, 5) is 25.8. The van der Waals surface area contributed by atoms with Gasteiger partial charge < -0.3 is 10.2 Å². The first-order valence-electron chi connectivity index (χ1n) is 6.51. The summed E-state index contributed by atoms with van der Waals surface area (Å²) in [6.45, 7) is 10.0. The highest BCUT2D eigenvalue weighted by atomic mass is 16.2. The van der Waals surface area contributed by atoms with Crippen molar-refractivity contribution in [2.24, 2.45) is 5.92 Å². The summed E-state index contributed by atoms with van der Waals surface area (Å²) >= 11 is 0. The lowest BCUT2D eigenvalue weighted by atomic mass is 9.98. The van der Waals surface area contributed by atoms with Crippen LogP contribution in [-0.4, -0.2) is 34.8 Å². The van der Waals surface area contributed by atoms with E-state index in [4.69, 9.17) is 0 Å². The van der Waals surface area contributed by atoms with Crippen molar-refractivity contribution in [3.8, 4) is 0 Å². The van der Waals surface area contributed by atoms with Crippen LogP contribution in [-0.2, 0) is 9.59 Å². The molecule has 2 amide bonds. The highest BCUT2D eigenvalue weighted by molar-refractivity contribution is 5.96. The molecule has 98 valence electrons. The standard InChI is InChI=1S/C13H24N2O2/c1-6-11-12(16)14-10(5)13(17)15(11)9(4)7-8(2)3/h8-11H,6-7H2,1-5H3,(H,14,16). The summed E-state index contributed by atoms with van der Waals surface area (Å²) in [5, 5.41) is 2.74. The number of rotatable bonds is 4. The van der Waals surface area contributed by atoms with Gasteiger partial charge in [0.05, 0.1) is 0 Å². The van der Waals surface area contributed by atoms with Crippen LogP contribution < -0.4 is 5.32 Å². The van der Waals surface area contributed by atoms with Crippen molar-refractivity contribution in [3.05, 3.63) is 0 Å².